The first-order valence-corrected chi connectivity index (χ1v) is 8.34. The molecule has 0 radical (unpaired) electrons. The smallest absolute Gasteiger partial charge is 0.251 e. The molecule has 5 heteroatoms. The Morgan fingerprint density at radius 1 is 1.24 bits per heavy atom. The Labute approximate surface area is 147 Å². The number of ether oxygens (including phenoxy) is 3. The molecule has 3 rings (SSSR count). The fourth-order valence-electron chi connectivity index (χ4n) is 2.89. The zero-order valence-electron chi connectivity index (χ0n) is 14.8. The molecule has 0 aromatic heterocycles. The maximum absolute atomic E-state index is 12.1. The van der Waals surface area contributed by atoms with Crippen LogP contribution in [0.25, 0.3) is 0 Å². The number of benzene rings is 2. The summed E-state index contributed by atoms with van der Waals surface area (Å²) in [7, 11) is 1.58. The number of fused-ring (bicyclic) bond motifs is 1. The lowest BCUT2D eigenvalue weighted by Crippen LogP contribution is -2.28. The predicted molar refractivity (Wildman–Crippen MR) is 95.7 cm³/mol. The number of hydrogen-bond donors (Lipinski definition) is 1. The van der Waals surface area contributed by atoms with Gasteiger partial charge < -0.3 is 19.5 Å². The molecule has 0 atom stereocenters. The largest absolute Gasteiger partial charge is 0.497 e. The second-order valence-electron chi connectivity index (χ2n) is 6.62. The minimum absolute atomic E-state index is 0.154. The van der Waals surface area contributed by atoms with E-state index in [2.05, 4.69) is 25.2 Å². The van der Waals surface area contributed by atoms with Gasteiger partial charge in [0.1, 0.15) is 18.0 Å². The predicted octanol–water partition coefficient (Wildman–Crippen LogP) is 3.22. The highest BCUT2D eigenvalue weighted by Crippen LogP contribution is 2.41. The van der Waals surface area contributed by atoms with Gasteiger partial charge >= 0.3 is 0 Å². The van der Waals surface area contributed by atoms with Gasteiger partial charge in [-0.25, -0.2) is 0 Å². The third-order valence-corrected chi connectivity index (χ3v) is 4.03. The van der Waals surface area contributed by atoms with Gasteiger partial charge in [-0.05, 0) is 38.1 Å². The third-order valence-electron chi connectivity index (χ3n) is 4.03. The van der Waals surface area contributed by atoms with Crippen LogP contribution in [0.15, 0.2) is 42.5 Å². The van der Waals surface area contributed by atoms with E-state index in [0.29, 0.717) is 24.5 Å². The van der Waals surface area contributed by atoms with Crippen molar-refractivity contribution in [1.29, 1.82) is 0 Å². The highest BCUT2D eigenvalue weighted by atomic mass is 16.5. The number of carbonyl (C=O) groups is 1. The van der Waals surface area contributed by atoms with Crippen molar-refractivity contribution in [3.05, 3.63) is 53.6 Å². The van der Waals surface area contributed by atoms with Gasteiger partial charge in [0.25, 0.3) is 5.91 Å². The summed E-state index contributed by atoms with van der Waals surface area (Å²) in [4.78, 5) is 12.1. The lowest BCUT2D eigenvalue weighted by atomic mass is 10.0. The zero-order chi connectivity index (χ0) is 17.9. The summed E-state index contributed by atoms with van der Waals surface area (Å²) in [5.41, 5.74) is 1.51. The number of carbonyl (C=O) groups excluding carboxylic acids is 1. The van der Waals surface area contributed by atoms with Crippen molar-refractivity contribution in [2.24, 2.45) is 0 Å². The Hall–Kier alpha value is -2.69. The van der Waals surface area contributed by atoms with Crippen molar-refractivity contribution < 1.29 is 19.0 Å². The maximum atomic E-state index is 12.1. The van der Waals surface area contributed by atoms with Crippen LogP contribution in [-0.4, -0.2) is 31.8 Å². The number of hydrogen-bond acceptors (Lipinski definition) is 4. The molecule has 25 heavy (non-hydrogen) atoms. The van der Waals surface area contributed by atoms with Crippen LogP contribution in [-0.2, 0) is 6.42 Å². The van der Waals surface area contributed by atoms with Crippen molar-refractivity contribution in [3.8, 4) is 17.2 Å². The summed E-state index contributed by atoms with van der Waals surface area (Å²) in [6, 6.07) is 13.0. The summed E-state index contributed by atoms with van der Waals surface area (Å²) in [6.07, 6.45) is 0.867. The topological polar surface area (TPSA) is 56.8 Å². The van der Waals surface area contributed by atoms with E-state index < -0.39 is 0 Å². The molecule has 0 fully saturated rings. The molecule has 1 heterocycles. The van der Waals surface area contributed by atoms with Crippen molar-refractivity contribution in [1.82, 2.24) is 5.32 Å². The number of amides is 1. The maximum Gasteiger partial charge on any atom is 0.251 e. The number of rotatable bonds is 6. The molecule has 2 aromatic carbocycles. The SMILES string of the molecule is COc1cccc(C(=O)NCCOc2cccc3c2OC(C)(C)C3)c1. The van der Waals surface area contributed by atoms with Gasteiger partial charge in [0.15, 0.2) is 11.5 Å². The third kappa shape index (κ3) is 4.05. The average molecular weight is 341 g/mol. The van der Waals surface area contributed by atoms with Gasteiger partial charge in [-0.15, -0.1) is 0 Å². The minimum atomic E-state index is -0.206. The van der Waals surface area contributed by atoms with E-state index in [1.54, 1.807) is 31.4 Å². The van der Waals surface area contributed by atoms with E-state index in [0.717, 1.165) is 23.5 Å². The van der Waals surface area contributed by atoms with Gasteiger partial charge in [0.2, 0.25) is 0 Å². The molecule has 1 aliphatic rings. The molecule has 0 saturated carbocycles. The Morgan fingerprint density at radius 2 is 2.04 bits per heavy atom. The van der Waals surface area contributed by atoms with Crippen LogP contribution in [0.3, 0.4) is 0 Å². The summed E-state index contributed by atoms with van der Waals surface area (Å²) in [5.74, 6) is 2.03. The Morgan fingerprint density at radius 3 is 2.84 bits per heavy atom. The van der Waals surface area contributed by atoms with Crippen LogP contribution in [0.1, 0.15) is 29.8 Å². The second kappa shape index (κ2) is 7.05. The van der Waals surface area contributed by atoms with E-state index in [4.69, 9.17) is 14.2 Å². The highest BCUT2D eigenvalue weighted by molar-refractivity contribution is 5.94. The van der Waals surface area contributed by atoms with Crippen LogP contribution in [0.5, 0.6) is 17.2 Å². The Bertz CT molecular complexity index is 770. The van der Waals surface area contributed by atoms with E-state index >= 15 is 0 Å². The fourth-order valence-corrected chi connectivity index (χ4v) is 2.89. The normalized spacial score (nSPS) is 14.4. The molecule has 0 bridgehead atoms. The van der Waals surface area contributed by atoms with Gasteiger partial charge in [0, 0.05) is 17.5 Å². The average Bonchev–Trinajstić information content (AvgIpc) is 2.93. The van der Waals surface area contributed by atoms with Crippen molar-refractivity contribution in [3.63, 3.8) is 0 Å². The van der Waals surface area contributed by atoms with E-state index in [9.17, 15) is 4.79 Å². The van der Waals surface area contributed by atoms with E-state index in [1.807, 2.05) is 12.1 Å². The van der Waals surface area contributed by atoms with Crippen LogP contribution in [0, 0.1) is 0 Å². The molecule has 0 spiro atoms. The lowest BCUT2D eigenvalue weighted by Gasteiger charge is -2.18. The second-order valence-corrected chi connectivity index (χ2v) is 6.62. The quantitative estimate of drug-likeness (QED) is 0.820. The molecule has 0 aliphatic carbocycles. The monoisotopic (exact) mass is 341 g/mol. The number of methoxy groups -OCH3 is 1. The molecule has 1 amide bonds. The fraction of sp³-hybridized carbons (Fsp3) is 0.350. The van der Waals surface area contributed by atoms with Crippen LogP contribution in [0.2, 0.25) is 0 Å². The summed E-state index contributed by atoms with van der Waals surface area (Å²) in [5, 5.41) is 2.84. The standard InChI is InChI=1S/C20H23NO4/c1-20(2)13-15-7-5-9-17(18(15)25-20)24-11-10-21-19(22)14-6-4-8-16(12-14)23-3/h4-9,12H,10-11,13H2,1-3H3,(H,21,22). The van der Waals surface area contributed by atoms with Gasteiger partial charge in [-0.2, -0.15) is 0 Å². The zero-order valence-corrected chi connectivity index (χ0v) is 14.8. The van der Waals surface area contributed by atoms with Gasteiger partial charge in [0.05, 0.1) is 13.7 Å². The molecule has 2 aromatic rings. The Kier molecular flexibility index (Phi) is 4.83. The lowest BCUT2D eigenvalue weighted by molar-refractivity contribution is 0.0946. The van der Waals surface area contributed by atoms with Gasteiger partial charge in [-0.1, -0.05) is 18.2 Å². The molecule has 0 unspecified atom stereocenters. The molecule has 132 valence electrons. The van der Waals surface area contributed by atoms with Crippen LogP contribution in [0.4, 0.5) is 0 Å². The van der Waals surface area contributed by atoms with Crippen molar-refractivity contribution >= 4 is 5.91 Å². The van der Waals surface area contributed by atoms with E-state index in [1.165, 1.54) is 0 Å². The molecule has 1 N–H and O–H groups in total. The molecule has 0 saturated heterocycles. The first-order chi connectivity index (χ1) is 12.0. The van der Waals surface area contributed by atoms with E-state index in [-0.39, 0.29) is 11.5 Å². The first-order valence-electron chi connectivity index (χ1n) is 8.34. The summed E-state index contributed by atoms with van der Waals surface area (Å²) in [6.45, 7) is 4.90. The molecular formula is C20H23NO4. The summed E-state index contributed by atoms with van der Waals surface area (Å²) >= 11 is 0. The molecular weight excluding hydrogens is 318 g/mol. The molecule has 1 aliphatic heterocycles. The minimum Gasteiger partial charge on any atom is -0.497 e. The van der Waals surface area contributed by atoms with Crippen molar-refractivity contribution in [2.75, 3.05) is 20.3 Å². The van der Waals surface area contributed by atoms with Crippen molar-refractivity contribution in [2.45, 2.75) is 25.9 Å². The van der Waals surface area contributed by atoms with Crippen LogP contribution < -0.4 is 19.5 Å². The summed E-state index contributed by atoms with van der Waals surface area (Å²) < 4.78 is 16.9. The molecule has 5 nitrogen and oxygen atoms in total. The highest BCUT2D eigenvalue weighted by Gasteiger charge is 2.32. The first kappa shape index (κ1) is 17.1. The van der Waals surface area contributed by atoms with Gasteiger partial charge in [-0.3, -0.25) is 4.79 Å². The number of para-hydroxylation sites is 1. The van der Waals surface area contributed by atoms with Crippen LogP contribution >= 0.6 is 0 Å². The number of nitrogens with one attached hydrogen (secondary N) is 1. The Balaban J connectivity index is 1.53.